The monoisotopic (exact) mass is 230 g/mol. The number of hydrogen-bond donors (Lipinski definition) is 1. The number of rotatable bonds is 11. The lowest BCUT2D eigenvalue weighted by Gasteiger charge is -2.15. The van der Waals surface area contributed by atoms with Crippen molar-refractivity contribution < 1.29 is 9.84 Å². The Hall–Kier alpha value is -0.0800. The molecule has 0 fully saturated rings. The average molecular weight is 230 g/mol. The number of aliphatic hydroxyl groups excluding tert-OH is 1. The molecule has 1 N–H and O–H groups in total. The fraction of sp³-hybridized carbons (Fsp3) is 1.00. The molecule has 0 aliphatic heterocycles. The average Bonchev–Trinajstić information content (AvgIpc) is 2.32. The van der Waals surface area contributed by atoms with E-state index in [1.54, 1.807) is 0 Å². The second kappa shape index (κ2) is 11.4. The van der Waals surface area contributed by atoms with E-state index in [0.717, 1.165) is 38.4 Å². The highest BCUT2D eigenvalue weighted by Crippen LogP contribution is 2.13. The Balaban J connectivity index is 3.33. The molecule has 0 rings (SSSR count). The van der Waals surface area contributed by atoms with Crippen molar-refractivity contribution in [2.75, 3.05) is 13.2 Å². The minimum absolute atomic E-state index is 0.134. The van der Waals surface area contributed by atoms with Crippen LogP contribution in [0.1, 0.15) is 65.7 Å². The SMILES string of the molecule is CCCCC(CC)COCCCC(O)CC. The Kier molecular flexibility index (Phi) is 11.3. The van der Waals surface area contributed by atoms with Gasteiger partial charge in [0.2, 0.25) is 0 Å². The van der Waals surface area contributed by atoms with Gasteiger partial charge < -0.3 is 9.84 Å². The smallest absolute Gasteiger partial charge is 0.0538 e. The molecule has 0 aromatic carbocycles. The van der Waals surface area contributed by atoms with Gasteiger partial charge in [-0.15, -0.1) is 0 Å². The third kappa shape index (κ3) is 9.17. The Morgan fingerprint density at radius 1 is 1.00 bits per heavy atom. The lowest BCUT2D eigenvalue weighted by molar-refractivity contribution is 0.0782. The van der Waals surface area contributed by atoms with Crippen LogP contribution in [0.3, 0.4) is 0 Å². The van der Waals surface area contributed by atoms with E-state index in [1.165, 1.54) is 25.7 Å². The first kappa shape index (κ1) is 15.9. The summed E-state index contributed by atoms with van der Waals surface area (Å²) in [7, 11) is 0. The van der Waals surface area contributed by atoms with Gasteiger partial charge in [-0.05, 0) is 31.6 Å². The van der Waals surface area contributed by atoms with Crippen LogP contribution < -0.4 is 0 Å². The number of aliphatic hydroxyl groups is 1. The lowest BCUT2D eigenvalue weighted by Crippen LogP contribution is -2.11. The molecule has 0 amide bonds. The van der Waals surface area contributed by atoms with Crippen molar-refractivity contribution in [1.82, 2.24) is 0 Å². The summed E-state index contributed by atoms with van der Waals surface area (Å²) in [6, 6.07) is 0. The van der Waals surface area contributed by atoms with E-state index in [9.17, 15) is 5.11 Å². The van der Waals surface area contributed by atoms with E-state index in [2.05, 4.69) is 13.8 Å². The van der Waals surface area contributed by atoms with Gasteiger partial charge in [0.25, 0.3) is 0 Å². The van der Waals surface area contributed by atoms with Crippen molar-refractivity contribution in [2.45, 2.75) is 71.8 Å². The molecule has 2 heteroatoms. The molecule has 2 atom stereocenters. The van der Waals surface area contributed by atoms with E-state index in [4.69, 9.17) is 4.74 Å². The first-order valence-electron chi connectivity index (χ1n) is 7.00. The summed E-state index contributed by atoms with van der Waals surface area (Å²) >= 11 is 0. The van der Waals surface area contributed by atoms with Crippen molar-refractivity contribution in [2.24, 2.45) is 5.92 Å². The zero-order chi connectivity index (χ0) is 12.2. The van der Waals surface area contributed by atoms with Crippen LogP contribution >= 0.6 is 0 Å². The van der Waals surface area contributed by atoms with Crippen molar-refractivity contribution in [3.63, 3.8) is 0 Å². The molecule has 0 bridgehead atoms. The Morgan fingerprint density at radius 2 is 1.75 bits per heavy atom. The van der Waals surface area contributed by atoms with E-state index in [1.807, 2.05) is 6.92 Å². The molecule has 0 radical (unpaired) electrons. The third-order valence-electron chi connectivity index (χ3n) is 3.19. The topological polar surface area (TPSA) is 29.5 Å². The first-order chi connectivity index (χ1) is 7.74. The summed E-state index contributed by atoms with van der Waals surface area (Å²) in [5.74, 6) is 0.732. The third-order valence-corrected chi connectivity index (χ3v) is 3.19. The van der Waals surface area contributed by atoms with Crippen molar-refractivity contribution in [3.05, 3.63) is 0 Å². The molecule has 0 aliphatic rings. The van der Waals surface area contributed by atoms with Crippen LogP contribution in [-0.4, -0.2) is 24.4 Å². The minimum Gasteiger partial charge on any atom is -0.393 e. The quantitative estimate of drug-likeness (QED) is 0.547. The summed E-state index contributed by atoms with van der Waals surface area (Å²) in [4.78, 5) is 0. The van der Waals surface area contributed by atoms with Crippen LogP contribution in [0.25, 0.3) is 0 Å². The zero-order valence-corrected chi connectivity index (χ0v) is 11.4. The van der Waals surface area contributed by atoms with Gasteiger partial charge in [0, 0.05) is 13.2 Å². The summed E-state index contributed by atoms with van der Waals surface area (Å²) < 4.78 is 5.67. The fourth-order valence-electron chi connectivity index (χ4n) is 1.77. The van der Waals surface area contributed by atoms with Gasteiger partial charge in [0.05, 0.1) is 6.10 Å². The fourth-order valence-corrected chi connectivity index (χ4v) is 1.77. The number of hydrogen-bond acceptors (Lipinski definition) is 2. The molecule has 16 heavy (non-hydrogen) atoms. The van der Waals surface area contributed by atoms with Crippen LogP contribution in [-0.2, 0) is 4.74 Å². The van der Waals surface area contributed by atoms with Crippen molar-refractivity contribution in [3.8, 4) is 0 Å². The molecule has 2 unspecified atom stereocenters. The van der Waals surface area contributed by atoms with Gasteiger partial charge in [0.15, 0.2) is 0 Å². The van der Waals surface area contributed by atoms with Crippen LogP contribution in [0.4, 0.5) is 0 Å². The van der Waals surface area contributed by atoms with Crippen LogP contribution in [0.15, 0.2) is 0 Å². The maximum absolute atomic E-state index is 9.37. The van der Waals surface area contributed by atoms with Crippen LogP contribution in [0.5, 0.6) is 0 Å². The highest BCUT2D eigenvalue weighted by molar-refractivity contribution is 4.56. The maximum atomic E-state index is 9.37. The van der Waals surface area contributed by atoms with Crippen molar-refractivity contribution >= 4 is 0 Å². The highest BCUT2D eigenvalue weighted by atomic mass is 16.5. The molecule has 0 saturated carbocycles. The van der Waals surface area contributed by atoms with Gasteiger partial charge in [-0.25, -0.2) is 0 Å². The lowest BCUT2D eigenvalue weighted by atomic mass is 10.0. The molecular weight excluding hydrogens is 200 g/mol. The summed E-state index contributed by atoms with van der Waals surface area (Å²) in [5, 5.41) is 9.37. The molecule has 0 aromatic rings. The van der Waals surface area contributed by atoms with E-state index in [0.29, 0.717) is 0 Å². The second-order valence-corrected chi connectivity index (χ2v) is 4.70. The van der Waals surface area contributed by atoms with Gasteiger partial charge in [-0.3, -0.25) is 0 Å². The van der Waals surface area contributed by atoms with Gasteiger partial charge >= 0.3 is 0 Å². The zero-order valence-electron chi connectivity index (χ0n) is 11.4. The minimum atomic E-state index is -0.134. The predicted molar refractivity (Wildman–Crippen MR) is 69.7 cm³/mol. The molecule has 0 aromatic heterocycles. The Bertz CT molecular complexity index is 137. The summed E-state index contributed by atoms with van der Waals surface area (Å²) in [6.07, 6.45) is 7.69. The highest BCUT2D eigenvalue weighted by Gasteiger charge is 2.06. The standard InChI is InChI=1S/C14H30O2/c1-4-7-9-13(5-2)12-16-11-8-10-14(15)6-3/h13-15H,4-12H2,1-3H3. The molecule has 0 aliphatic carbocycles. The number of ether oxygens (including phenoxy) is 1. The second-order valence-electron chi connectivity index (χ2n) is 4.70. The predicted octanol–water partition coefficient (Wildman–Crippen LogP) is 3.77. The van der Waals surface area contributed by atoms with Crippen molar-refractivity contribution in [1.29, 1.82) is 0 Å². The summed E-state index contributed by atoms with van der Waals surface area (Å²) in [5.41, 5.74) is 0. The Labute approximate surface area is 101 Å². The van der Waals surface area contributed by atoms with Crippen LogP contribution in [0, 0.1) is 5.92 Å². The van der Waals surface area contributed by atoms with Crippen LogP contribution in [0.2, 0.25) is 0 Å². The number of unbranched alkanes of at least 4 members (excludes halogenated alkanes) is 1. The van der Waals surface area contributed by atoms with Gasteiger partial charge in [-0.1, -0.05) is 40.0 Å². The first-order valence-corrected chi connectivity index (χ1v) is 7.00. The Morgan fingerprint density at radius 3 is 2.31 bits per heavy atom. The molecule has 0 heterocycles. The van der Waals surface area contributed by atoms with E-state index in [-0.39, 0.29) is 6.10 Å². The van der Waals surface area contributed by atoms with Gasteiger partial charge in [0.1, 0.15) is 0 Å². The molecule has 2 nitrogen and oxygen atoms in total. The van der Waals surface area contributed by atoms with Gasteiger partial charge in [-0.2, -0.15) is 0 Å². The largest absolute Gasteiger partial charge is 0.393 e. The molecule has 98 valence electrons. The molecule has 0 saturated heterocycles. The van der Waals surface area contributed by atoms with E-state index < -0.39 is 0 Å². The van der Waals surface area contributed by atoms with E-state index >= 15 is 0 Å². The molecular formula is C14H30O2. The summed E-state index contributed by atoms with van der Waals surface area (Å²) in [6.45, 7) is 8.20. The normalized spacial score (nSPS) is 15.0. The maximum Gasteiger partial charge on any atom is 0.0538 e. The molecule has 0 spiro atoms.